The Kier molecular flexibility index (Phi) is 3.78. The second-order valence-corrected chi connectivity index (χ2v) is 4.05. The monoisotopic (exact) mass is 240 g/mol. The highest BCUT2D eigenvalue weighted by molar-refractivity contribution is 6.02. The van der Waals surface area contributed by atoms with E-state index < -0.39 is 0 Å². The fourth-order valence-corrected chi connectivity index (χ4v) is 1.96. The maximum atomic E-state index is 11.9. The first-order chi connectivity index (χ1) is 8.76. The molecule has 2 nitrogen and oxygen atoms in total. The first kappa shape index (κ1) is 12.4. The number of carbonyl (C=O) groups is 1. The summed E-state index contributed by atoms with van der Waals surface area (Å²) in [5.74, 6) is 0.958. The average Bonchev–Trinajstić information content (AvgIpc) is 2.46. The van der Waals surface area contributed by atoms with Gasteiger partial charge in [0.1, 0.15) is 5.75 Å². The lowest BCUT2D eigenvalue weighted by Crippen LogP contribution is -1.99. The van der Waals surface area contributed by atoms with E-state index in [1.807, 2.05) is 55.5 Å². The van der Waals surface area contributed by atoms with Gasteiger partial charge in [0.2, 0.25) is 0 Å². The van der Waals surface area contributed by atoms with Gasteiger partial charge in [0.25, 0.3) is 0 Å². The molecule has 0 saturated carbocycles. The molecule has 2 aromatic carbocycles. The highest BCUT2D eigenvalue weighted by Crippen LogP contribution is 2.27. The highest BCUT2D eigenvalue weighted by Gasteiger charge is 2.10. The van der Waals surface area contributed by atoms with Crippen molar-refractivity contribution in [1.82, 2.24) is 0 Å². The molecule has 0 aliphatic heterocycles. The molecule has 0 bridgehead atoms. The van der Waals surface area contributed by atoms with E-state index in [0.29, 0.717) is 6.42 Å². The smallest absolute Gasteiger partial charge is 0.163 e. The molecule has 0 amide bonds. The topological polar surface area (TPSA) is 26.3 Å². The number of carbonyl (C=O) groups excluding carboxylic acids is 1. The minimum absolute atomic E-state index is 0.161. The molecule has 0 saturated heterocycles. The van der Waals surface area contributed by atoms with Crippen molar-refractivity contribution >= 4 is 5.78 Å². The number of benzene rings is 2. The van der Waals surface area contributed by atoms with Crippen LogP contribution in [-0.4, -0.2) is 12.9 Å². The van der Waals surface area contributed by atoms with Crippen LogP contribution in [0.3, 0.4) is 0 Å². The van der Waals surface area contributed by atoms with Crippen molar-refractivity contribution in [3.63, 3.8) is 0 Å². The van der Waals surface area contributed by atoms with Crippen LogP contribution in [0.2, 0.25) is 0 Å². The van der Waals surface area contributed by atoms with Crippen molar-refractivity contribution in [1.29, 1.82) is 0 Å². The molecule has 0 spiro atoms. The lowest BCUT2D eigenvalue weighted by Gasteiger charge is -2.09. The van der Waals surface area contributed by atoms with E-state index in [4.69, 9.17) is 4.74 Å². The number of methoxy groups -OCH3 is 1. The molecule has 2 heteroatoms. The van der Waals surface area contributed by atoms with Crippen LogP contribution in [0.5, 0.6) is 5.75 Å². The lowest BCUT2D eigenvalue weighted by atomic mass is 9.96. The Morgan fingerprint density at radius 3 is 2.61 bits per heavy atom. The molecule has 0 aromatic heterocycles. The van der Waals surface area contributed by atoms with Crippen molar-refractivity contribution in [2.45, 2.75) is 13.3 Å². The molecule has 0 heterocycles. The Hall–Kier alpha value is -2.09. The summed E-state index contributed by atoms with van der Waals surface area (Å²) in [5.41, 5.74) is 2.74. The third-order valence-electron chi connectivity index (χ3n) is 2.93. The lowest BCUT2D eigenvalue weighted by molar-refractivity contribution is 0.0989. The van der Waals surface area contributed by atoms with Gasteiger partial charge >= 0.3 is 0 Å². The third-order valence-corrected chi connectivity index (χ3v) is 2.93. The summed E-state index contributed by atoms with van der Waals surface area (Å²) in [6, 6.07) is 15.5. The molecule has 2 aromatic rings. The third kappa shape index (κ3) is 2.43. The summed E-state index contributed by atoms with van der Waals surface area (Å²) in [7, 11) is 1.64. The van der Waals surface area contributed by atoms with E-state index >= 15 is 0 Å². The second kappa shape index (κ2) is 5.50. The number of rotatable bonds is 4. The van der Waals surface area contributed by atoms with E-state index in [1.165, 1.54) is 0 Å². The van der Waals surface area contributed by atoms with Gasteiger partial charge in [0, 0.05) is 12.0 Å². The van der Waals surface area contributed by atoms with Crippen LogP contribution in [0.1, 0.15) is 23.7 Å². The predicted molar refractivity (Wildman–Crippen MR) is 73.1 cm³/mol. The molecular weight excluding hydrogens is 224 g/mol. The average molecular weight is 240 g/mol. The van der Waals surface area contributed by atoms with Crippen LogP contribution >= 0.6 is 0 Å². The van der Waals surface area contributed by atoms with Gasteiger partial charge in [0.05, 0.1) is 7.11 Å². The van der Waals surface area contributed by atoms with Crippen LogP contribution in [0.15, 0.2) is 48.5 Å². The van der Waals surface area contributed by atoms with Crippen molar-refractivity contribution in [2.75, 3.05) is 7.11 Å². The fraction of sp³-hybridized carbons (Fsp3) is 0.188. The zero-order valence-electron chi connectivity index (χ0n) is 10.6. The molecule has 18 heavy (non-hydrogen) atoms. The summed E-state index contributed by atoms with van der Waals surface area (Å²) in [6.07, 6.45) is 0.515. The van der Waals surface area contributed by atoms with Gasteiger partial charge in [-0.1, -0.05) is 43.3 Å². The van der Waals surface area contributed by atoms with Crippen molar-refractivity contribution < 1.29 is 9.53 Å². The standard InChI is InChI=1S/C16H16O2/c1-3-16(17)15-10-5-4-9-14(15)12-7-6-8-13(11-12)18-2/h4-11H,3H2,1-2H3. The summed E-state index contributed by atoms with van der Waals surface area (Å²) in [5, 5.41) is 0. The van der Waals surface area contributed by atoms with Crippen LogP contribution in [-0.2, 0) is 0 Å². The molecule has 2 rings (SSSR count). The summed E-state index contributed by atoms with van der Waals surface area (Å²) in [6.45, 7) is 1.88. The van der Waals surface area contributed by atoms with Crippen molar-refractivity contribution in [3.05, 3.63) is 54.1 Å². The SMILES string of the molecule is CCC(=O)c1ccccc1-c1cccc(OC)c1. The number of hydrogen-bond acceptors (Lipinski definition) is 2. The van der Waals surface area contributed by atoms with Gasteiger partial charge in [-0.25, -0.2) is 0 Å². The van der Waals surface area contributed by atoms with Crippen LogP contribution < -0.4 is 4.74 Å². The van der Waals surface area contributed by atoms with E-state index in [0.717, 1.165) is 22.4 Å². The van der Waals surface area contributed by atoms with Gasteiger partial charge in [-0.2, -0.15) is 0 Å². The zero-order valence-corrected chi connectivity index (χ0v) is 10.6. The Bertz CT molecular complexity index is 559. The first-order valence-electron chi connectivity index (χ1n) is 6.03. The minimum atomic E-state index is 0.161. The Balaban J connectivity index is 2.53. The fourth-order valence-electron chi connectivity index (χ4n) is 1.96. The minimum Gasteiger partial charge on any atom is -0.497 e. The zero-order chi connectivity index (χ0) is 13.0. The Morgan fingerprint density at radius 1 is 1.11 bits per heavy atom. The molecule has 0 unspecified atom stereocenters. The summed E-state index contributed by atoms with van der Waals surface area (Å²) in [4.78, 5) is 11.9. The molecule has 0 fully saturated rings. The molecule has 0 radical (unpaired) electrons. The van der Waals surface area contributed by atoms with E-state index in [-0.39, 0.29) is 5.78 Å². The van der Waals surface area contributed by atoms with Crippen LogP contribution in [0.4, 0.5) is 0 Å². The second-order valence-electron chi connectivity index (χ2n) is 4.05. The first-order valence-corrected chi connectivity index (χ1v) is 6.03. The van der Waals surface area contributed by atoms with Gasteiger partial charge in [-0.3, -0.25) is 4.79 Å². The number of Topliss-reactive ketones (excluding diaryl/α,β-unsaturated/α-hetero) is 1. The number of ketones is 1. The van der Waals surface area contributed by atoms with Crippen molar-refractivity contribution in [2.24, 2.45) is 0 Å². The van der Waals surface area contributed by atoms with Gasteiger partial charge in [0.15, 0.2) is 5.78 Å². The van der Waals surface area contributed by atoms with E-state index in [1.54, 1.807) is 7.11 Å². The Labute approximate surface area is 107 Å². The van der Waals surface area contributed by atoms with Crippen molar-refractivity contribution in [3.8, 4) is 16.9 Å². The van der Waals surface area contributed by atoms with Crippen LogP contribution in [0, 0.1) is 0 Å². The van der Waals surface area contributed by atoms with Crippen LogP contribution in [0.25, 0.3) is 11.1 Å². The van der Waals surface area contributed by atoms with Gasteiger partial charge in [-0.05, 0) is 23.3 Å². The quantitative estimate of drug-likeness (QED) is 0.756. The highest BCUT2D eigenvalue weighted by atomic mass is 16.5. The van der Waals surface area contributed by atoms with Gasteiger partial charge in [-0.15, -0.1) is 0 Å². The molecule has 0 N–H and O–H groups in total. The van der Waals surface area contributed by atoms with E-state index in [9.17, 15) is 4.79 Å². The van der Waals surface area contributed by atoms with Gasteiger partial charge < -0.3 is 4.74 Å². The molecule has 0 aliphatic carbocycles. The Morgan fingerprint density at radius 2 is 1.89 bits per heavy atom. The molecular formula is C16H16O2. The molecule has 0 atom stereocenters. The number of hydrogen-bond donors (Lipinski definition) is 0. The molecule has 92 valence electrons. The summed E-state index contributed by atoms with van der Waals surface area (Å²) >= 11 is 0. The largest absolute Gasteiger partial charge is 0.497 e. The summed E-state index contributed by atoms with van der Waals surface area (Å²) < 4.78 is 5.22. The normalized spacial score (nSPS) is 10.1. The maximum absolute atomic E-state index is 11.9. The maximum Gasteiger partial charge on any atom is 0.163 e. The predicted octanol–water partition coefficient (Wildman–Crippen LogP) is 3.95. The van der Waals surface area contributed by atoms with E-state index in [2.05, 4.69) is 0 Å². The molecule has 0 aliphatic rings. The number of ether oxygens (including phenoxy) is 1.